The quantitative estimate of drug-likeness (QED) is 0.133. The summed E-state index contributed by atoms with van der Waals surface area (Å²) in [5, 5.41) is 22.3. The Bertz CT molecular complexity index is 2970. The number of aryl methyl sites for hydroxylation is 6. The topological polar surface area (TPSA) is 125 Å². The molecular weight excluding hydrogens is 1210 g/mol. The summed E-state index contributed by atoms with van der Waals surface area (Å²) in [6.07, 6.45) is 10.9. The molecule has 7 heterocycles. The third kappa shape index (κ3) is 13.3. The molecule has 65 heavy (non-hydrogen) atoms. The van der Waals surface area contributed by atoms with Crippen LogP contribution < -0.4 is 0 Å². The van der Waals surface area contributed by atoms with Crippen molar-refractivity contribution in [3.05, 3.63) is 172 Å². The Labute approximate surface area is 422 Å². The summed E-state index contributed by atoms with van der Waals surface area (Å²) in [7, 11) is 5.55. The second-order valence-corrected chi connectivity index (χ2v) is 18.9. The Balaban J connectivity index is 0.000000150. The van der Waals surface area contributed by atoms with E-state index in [-0.39, 0.29) is 22.8 Å². The molecule has 0 unspecified atom stereocenters. The van der Waals surface area contributed by atoms with Gasteiger partial charge in [0.25, 0.3) is 0 Å². The van der Waals surface area contributed by atoms with Crippen LogP contribution in [0.3, 0.4) is 0 Å². The fraction of sp³-hybridized carbons (Fsp3) is 0.128. The molecule has 9 rings (SSSR count). The smallest absolute Gasteiger partial charge is 0.142 e. The Hall–Kier alpha value is -5.02. The molecule has 0 aliphatic carbocycles. The molecule has 0 fully saturated rings. The summed E-state index contributed by atoms with van der Waals surface area (Å²) in [5.41, 5.74) is 9.96. The van der Waals surface area contributed by atoms with Crippen LogP contribution in [0, 0.1) is 36.1 Å². The van der Waals surface area contributed by atoms with Crippen molar-refractivity contribution in [2.75, 3.05) is 0 Å². The van der Waals surface area contributed by atoms with Crippen LogP contribution in [0.15, 0.2) is 140 Å². The Morgan fingerprint density at radius 2 is 0.892 bits per heavy atom. The van der Waals surface area contributed by atoms with Crippen molar-refractivity contribution < 1.29 is 13.9 Å². The maximum absolute atomic E-state index is 14.2. The van der Waals surface area contributed by atoms with Gasteiger partial charge in [0.05, 0.1) is 41.4 Å². The van der Waals surface area contributed by atoms with Gasteiger partial charge in [-0.3, -0.25) is 14.0 Å². The van der Waals surface area contributed by atoms with Crippen molar-refractivity contribution in [3.8, 4) is 62.0 Å². The maximum Gasteiger partial charge on any atom is 0.142 e. The summed E-state index contributed by atoms with van der Waals surface area (Å²) < 4.78 is 37.6. The highest BCUT2D eigenvalue weighted by molar-refractivity contribution is 14.1. The van der Waals surface area contributed by atoms with Gasteiger partial charge in [-0.05, 0) is 159 Å². The first kappa shape index (κ1) is 49.4. The SMILES string of the molecule is Cc1ccc(-c2cnn(C)c2)nc1-c1ccc(Br)cc1F.Cc1ccc(-c2cnn(C)c2)nc1Br.Cc1ccc(I)nc1Br.Cn1cc(-c2ccc(O)c(-c3ccc(Br)cc3F)n2)cn1. The van der Waals surface area contributed by atoms with Crippen LogP contribution in [0.2, 0.25) is 0 Å². The zero-order chi connectivity index (χ0) is 46.9. The molecule has 0 amide bonds. The minimum atomic E-state index is -0.449. The predicted molar refractivity (Wildman–Crippen MR) is 274 cm³/mol. The monoisotopic (exact) mass is 1240 g/mol. The average molecular weight is 1240 g/mol. The van der Waals surface area contributed by atoms with Gasteiger partial charge < -0.3 is 5.11 Å². The lowest BCUT2D eigenvalue weighted by atomic mass is 10.0. The zero-order valence-electron chi connectivity index (χ0n) is 35.6. The normalized spacial score (nSPS) is 10.6. The number of benzene rings is 2. The molecule has 18 heteroatoms. The van der Waals surface area contributed by atoms with E-state index >= 15 is 0 Å². The first-order valence-electron chi connectivity index (χ1n) is 19.4. The van der Waals surface area contributed by atoms with Crippen molar-refractivity contribution >= 4 is 86.3 Å². The number of pyridine rings is 4. The second kappa shape index (κ2) is 22.4. The molecule has 0 bridgehead atoms. The van der Waals surface area contributed by atoms with E-state index in [0.29, 0.717) is 25.9 Å². The van der Waals surface area contributed by atoms with Gasteiger partial charge in [0.15, 0.2) is 0 Å². The molecular formula is C47H39Br4F2IN10O. The number of hydrogen-bond donors (Lipinski definition) is 1. The first-order chi connectivity index (χ1) is 30.9. The van der Waals surface area contributed by atoms with E-state index in [9.17, 15) is 13.9 Å². The van der Waals surface area contributed by atoms with Crippen molar-refractivity contribution in [1.29, 1.82) is 0 Å². The lowest BCUT2D eigenvalue weighted by Gasteiger charge is -2.08. The molecule has 2 aromatic carbocycles. The largest absolute Gasteiger partial charge is 0.506 e. The van der Waals surface area contributed by atoms with Crippen molar-refractivity contribution in [2.45, 2.75) is 20.8 Å². The first-order valence-corrected chi connectivity index (χ1v) is 23.7. The molecule has 0 aliphatic rings. The molecule has 0 saturated heterocycles. The number of aromatic nitrogens is 10. The van der Waals surface area contributed by atoms with Crippen molar-refractivity contribution in [2.24, 2.45) is 21.1 Å². The molecule has 11 nitrogen and oxygen atoms in total. The Kier molecular flexibility index (Phi) is 17.1. The molecule has 7 aromatic heterocycles. The third-order valence-corrected chi connectivity index (χ3v) is 12.6. The van der Waals surface area contributed by atoms with Gasteiger partial charge in [-0.2, -0.15) is 15.3 Å². The molecule has 0 spiro atoms. The van der Waals surface area contributed by atoms with E-state index in [4.69, 9.17) is 0 Å². The van der Waals surface area contributed by atoms with Crippen LogP contribution in [0.4, 0.5) is 8.78 Å². The molecule has 0 saturated carbocycles. The maximum atomic E-state index is 14.2. The highest BCUT2D eigenvalue weighted by Crippen LogP contribution is 2.33. The second-order valence-electron chi connectivity index (χ2n) is 14.4. The van der Waals surface area contributed by atoms with Crippen LogP contribution >= 0.6 is 86.3 Å². The van der Waals surface area contributed by atoms with Crippen molar-refractivity contribution in [3.63, 3.8) is 0 Å². The third-order valence-electron chi connectivity index (χ3n) is 9.38. The minimum Gasteiger partial charge on any atom is -0.506 e. The van der Waals surface area contributed by atoms with E-state index < -0.39 is 5.82 Å². The molecule has 9 aromatic rings. The zero-order valence-corrected chi connectivity index (χ0v) is 44.1. The summed E-state index contributed by atoms with van der Waals surface area (Å²) in [6, 6.07) is 24.7. The fourth-order valence-corrected chi connectivity index (χ4v) is 8.01. The van der Waals surface area contributed by atoms with Crippen molar-refractivity contribution in [1.82, 2.24) is 49.3 Å². The van der Waals surface area contributed by atoms with Crippen LogP contribution in [0.5, 0.6) is 5.75 Å². The highest BCUT2D eigenvalue weighted by atomic mass is 127. The summed E-state index contributed by atoms with van der Waals surface area (Å²) in [4.78, 5) is 17.6. The highest BCUT2D eigenvalue weighted by Gasteiger charge is 2.15. The van der Waals surface area contributed by atoms with E-state index in [2.05, 4.69) is 122 Å². The van der Waals surface area contributed by atoms with Crippen LogP contribution in [0.25, 0.3) is 56.3 Å². The van der Waals surface area contributed by atoms with E-state index in [1.54, 1.807) is 63.9 Å². The molecule has 0 atom stereocenters. The van der Waals surface area contributed by atoms with Gasteiger partial charge >= 0.3 is 0 Å². The van der Waals surface area contributed by atoms with Crippen LogP contribution in [0.1, 0.15) is 16.7 Å². The van der Waals surface area contributed by atoms with Gasteiger partial charge in [-0.25, -0.2) is 28.7 Å². The summed E-state index contributed by atoms with van der Waals surface area (Å²) >= 11 is 15.4. The molecule has 0 radical (unpaired) electrons. The summed E-state index contributed by atoms with van der Waals surface area (Å²) in [5.74, 6) is -0.803. The molecule has 332 valence electrons. The fourth-order valence-electron chi connectivity index (χ4n) is 5.94. The van der Waals surface area contributed by atoms with E-state index in [0.717, 1.165) is 52.1 Å². The van der Waals surface area contributed by atoms with Gasteiger partial charge in [-0.1, -0.05) is 50.1 Å². The lowest BCUT2D eigenvalue weighted by Crippen LogP contribution is -1.94. The average Bonchev–Trinajstić information content (AvgIpc) is 4.03. The van der Waals surface area contributed by atoms with E-state index in [1.165, 1.54) is 23.8 Å². The number of halogens is 7. The lowest BCUT2D eigenvalue weighted by molar-refractivity contribution is 0.474. The number of hydrogen-bond acceptors (Lipinski definition) is 8. The molecule has 1 N–H and O–H groups in total. The predicted octanol–water partition coefficient (Wildman–Crippen LogP) is 13.4. The minimum absolute atomic E-state index is 0.0659. The number of aromatic hydroxyl groups is 1. The van der Waals surface area contributed by atoms with E-state index in [1.807, 2.05) is 95.9 Å². The van der Waals surface area contributed by atoms with Crippen LogP contribution in [-0.4, -0.2) is 54.4 Å². The Morgan fingerprint density at radius 1 is 0.492 bits per heavy atom. The van der Waals surface area contributed by atoms with Gasteiger partial charge in [0.1, 0.15) is 36.0 Å². The van der Waals surface area contributed by atoms with Crippen LogP contribution in [-0.2, 0) is 21.1 Å². The van der Waals surface area contributed by atoms with Gasteiger partial charge in [-0.15, -0.1) is 0 Å². The Morgan fingerprint density at radius 3 is 1.31 bits per heavy atom. The number of nitrogens with zero attached hydrogens (tertiary/aromatic N) is 10. The standard InChI is InChI=1S/C16H13BrFN3.C15H11BrFN3O.C10H10BrN3.C6H5BrIN/c1-10-3-6-15(11-8-19-21(2)9-11)20-16(10)13-5-4-12(17)7-14(13)18;1-20-8-9(7-18-20)13-4-5-14(21)15(19-13)11-3-2-10(16)6-12(11)17;1-7-3-4-9(13-10(7)11)8-5-12-14(2)6-8;1-4-2-3-5(8)9-6(4)7/h3-9H,1-2H3;2-8,21H,1H3;3-6H,1-2H3;2-3H,1H3. The van der Waals surface area contributed by atoms with Gasteiger partial charge in [0.2, 0.25) is 0 Å². The number of rotatable bonds is 5. The van der Waals surface area contributed by atoms with Gasteiger partial charge in [0, 0.05) is 76.5 Å². The summed E-state index contributed by atoms with van der Waals surface area (Å²) in [6.45, 7) is 5.97. The molecule has 0 aliphatic heterocycles.